The molecule has 9 nitrogen and oxygen atoms in total. The smallest absolute Gasteiger partial charge is 0.338 e. The number of rotatable bonds is 17. The molecule has 0 aliphatic rings. The summed E-state index contributed by atoms with van der Waals surface area (Å²) in [7, 11) is -5.24. The summed E-state index contributed by atoms with van der Waals surface area (Å²) < 4.78 is 55.1. The average Bonchev–Trinajstić information content (AvgIpc) is 2.84. The number of likely N-dealkylation sites (N-methyl/N-ethyl adjacent to an activating group) is 1. The van der Waals surface area contributed by atoms with Crippen LogP contribution in [0.15, 0.2) is 48.7 Å². The van der Waals surface area contributed by atoms with Gasteiger partial charge in [0.15, 0.2) is 0 Å². The lowest BCUT2D eigenvalue weighted by Gasteiger charge is -2.29. The molecule has 1 unspecified atom stereocenters. The summed E-state index contributed by atoms with van der Waals surface area (Å²) >= 11 is 0. The first-order valence-corrected chi connectivity index (χ1v) is 15.3. The molecule has 1 heterocycles. The van der Waals surface area contributed by atoms with Crippen LogP contribution >= 0.6 is 15.2 Å². The zero-order valence-electron chi connectivity index (χ0n) is 21.3. The van der Waals surface area contributed by atoms with Crippen molar-refractivity contribution in [3.05, 3.63) is 54.2 Å². The standard InChI is InChI=1S/C24H38N2O7P2/c1-6-30-34(27,31-7-2)20-23(35(28,32-8-3)33-9-4)21-13-15-22(16-14-21)29-19-18-26(5)24-12-10-11-17-25-24/h10-17,23H,6-9,18-20H2,1-5H3. The first-order chi connectivity index (χ1) is 16.8. The lowest BCUT2D eigenvalue weighted by Crippen LogP contribution is -2.24. The Morgan fingerprint density at radius 1 is 0.857 bits per heavy atom. The maximum absolute atomic E-state index is 13.7. The topological polar surface area (TPSA) is 96.4 Å². The number of aromatic nitrogens is 1. The Bertz CT molecular complexity index is 940. The second-order valence-corrected chi connectivity index (χ2v) is 11.9. The zero-order chi connectivity index (χ0) is 25.7. The highest BCUT2D eigenvalue weighted by molar-refractivity contribution is 7.58. The van der Waals surface area contributed by atoms with Gasteiger partial charge in [-0.05, 0) is 57.5 Å². The number of anilines is 1. The highest BCUT2D eigenvalue weighted by Crippen LogP contribution is 2.66. The molecule has 2 rings (SSSR count). The second kappa shape index (κ2) is 14.7. The summed E-state index contributed by atoms with van der Waals surface area (Å²) in [6.07, 6.45) is 1.63. The third-order valence-electron chi connectivity index (χ3n) is 5.05. The summed E-state index contributed by atoms with van der Waals surface area (Å²) in [6, 6.07) is 12.9. The van der Waals surface area contributed by atoms with Gasteiger partial charge in [0.25, 0.3) is 0 Å². The van der Waals surface area contributed by atoms with Gasteiger partial charge < -0.3 is 27.7 Å². The van der Waals surface area contributed by atoms with Crippen molar-refractivity contribution in [2.45, 2.75) is 33.4 Å². The molecule has 0 aliphatic heterocycles. The lowest BCUT2D eigenvalue weighted by atomic mass is 10.1. The van der Waals surface area contributed by atoms with Crippen LogP contribution in [0, 0.1) is 0 Å². The molecule has 1 aromatic heterocycles. The lowest BCUT2D eigenvalue weighted by molar-refractivity contribution is 0.203. The molecule has 35 heavy (non-hydrogen) atoms. The molecule has 0 radical (unpaired) electrons. The number of benzene rings is 1. The molecule has 196 valence electrons. The Labute approximate surface area is 209 Å². The van der Waals surface area contributed by atoms with E-state index < -0.39 is 20.9 Å². The van der Waals surface area contributed by atoms with E-state index in [9.17, 15) is 9.13 Å². The van der Waals surface area contributed by atoms with Gasteiger partial charge in [0, 0.05) is 13.2 Å². The van der Waals surface area contributed by atoms with Crippen LogP contribution in [-0.2, 0) is 27.2 Å². The Hall–Kier alpha value is -1.73. The fourth-order valence-corrected chi connectivity index (χ4v) is 8.29. The first-order valence-electron chi connectivity index (χ1n) is 11.9. The van der Waals surface area contributed by atoms with Gasteiger partial charge in [-0.3, -0.25) is 9.13 Å². The van der Waals surface area contributed by atoms with E-state index in [1.54, 1.807) is 58.2 Å². The van der Waals surface area contributed by atoms with E-state index in [1.165, 1.54) is 0 Å². The molecule has 0 fully saturated rings. The molecular formula is C24H38N2O7P2. The fourth-order valence-electron chi connectivity index (χ4n) is 3.49. The van der Waals surface area contributed by atoms with Crippen LogP contribution in [0.2, 0.25) is 0 Å². The maximum Gasteiger partial charge on any atom is 0.338 e. The zero-order valence-corrected chi connectivity index (χ0v) is 23.1. The number of nitrogens with zero attached hydrogens (tertiary/aromatic N) is 2. The number of ether oxygens (including phenoxy) is 1. The van der Waals surface area contributed by atoms with E-state index in [1.807, 2.05) is 30.1 Å². The van der Waals surface area contributed by atoms with Crippen LogP contribution in [0.1, 0.15) is 38.9 Å². The third kappa shape index (κ3) is 9.02. The predicted octanol–water partition coefficient (Wildman–Crippen LogP) is 6.17. The van der Waals surface area contributed by atoms with E-state index in [0.29, 0.717) is 24.5 Å². The van der Waals surface area contributed by atoms with Crippen LogP contribution in [0.4, 0.5) is 5.82 Å². The molecule has 0 aliphatic carbocycles. The van der Waals surface area contributed by atoms with Gasteiger partial charge in [-0.1, -0.05) is 18.2 Å². The van der Waals surface area contributed by atoms with Crippen molar-refractivity contribution in [3.8, 4) is 5.75 Å². The molecular weight excluding hydrogens is 490 g/mol. The van der Waals surface area contributed by atoms with E-state index in [4.69, 9.17) is 22.8 Å². The Morgan fingerprint density at radius 3 is 1.97 bits per heavy atom. The van der Waals surface area contributed by atoms with E-state index in [2.05, 4.69) is 4.98 Å². The molecule has 1 atom stereocenters. The van der Waals surface area contributed by atoms with Gasteiger partial charge in [0.1, 0.15) is 18.2 Å². The van der Waals surface area contributed by atoms with Crippen molar-refractivity contribution in [2.75, 3.05) is 57.7 Å². The van der Waals surface area contributed by atoms with E-state index in [-0.39, 0.29) is 32.6 Å². The molecule has 0 bridgehead atoms. The minimum absolute atomic E-state index is 0.124. The van der Waals surface area contributed by atoms with Crippen LogP contribution in [0.25, 0.3) is 0 Å². The van der Waals surface area contributed by atoms with Crippen molar-refractivity contribution in [1.29, 1.82) is 0 Å². The quantitative estimate of drug-likeness (QED) is 0.223. The van der Waals surface area contributed by atoms with Gasteiger partial charge in [0.2, 0.25) is 0 Å². The van der Waals surface area contributed by atoms with Crippen LogP contribution in [0.5, 0.6) is 5.75 Å². The highest BCUT2D eigenvalue weighted by Gasteiger charge is 2.43. The molecule has 0 spiro atoms. The summed E-state index contributed by atoms with van der Waals surface area (Å²) in [5, 5.41) is 0. The summed E-state index contributed by atoms with van der Waals surface area (Å²) in [5.41, 5.74) is -0.177. The molecule has 11 heteroatoms. The number of hydrogen-bond acceptors (Lipinski definition) is 9. The van der Waals surface area contributed by atoms with Crippen LogP contribution in [0.3, 0.4) is 0 Å². The Balaban J connectivity index is 2.19. The molecule has 0 N–H and O–H groups in total. The van der Waals surface area contributed by atoms with Gasteiger partial charge in [0.05, 0.1) is 44.8 Å². The largest absolute Gasteiger partial charge is 0.492 e. The van der Waals surface area contributed by atoms with Crippen LogP contribution < -0.4 is 9.64 Å². The normalized spacial score (nSPS) is 12.9. The van der Waals surface area contributed by atoms with Crippen molar-refractivity contribution in [1.82, 2.24) is 4.98 Å². The molecule has 1 aromatic carbocycles. The van der Waals surface area contributed by atoms with Gasteiger partial charge in [-0.2, -0.15) is 0 Å². The highest BCUT2D eigenvalue weighted by atomic mass is 31.2. The Kier molecular flexibility index (Phi) is 12.4. The monoisotopic (exact) mass is 528 g/mol. The maximum atomic E-state index is 13.7. The summed E-state index contributed by atoms with van der Waals surface area (Å²) in [4.78, 5) is 6.32. The summed E-state index contributed by atoms with van der Waals surface area (Å²) in [6.45, 7) is 8.85. The van der Waals surface area contributed by atoms with Crippen molar-refractivity contribution in [2.24, 2.45) is 0 Å². The molecule has 0 saturated carbocycles. The van der Waals surface area contributed by atoms with E-state index >= 15 is 0 Å². The minimum Gasteiger partial charge on any atom is -0.492 e. The SMILES string of the molecule is CCOP(=O)(CC(c1ccc(OCCN(C)c2ccccn2)cc1)P(=O)(OCC)OCC)OCC. The predicted molar refractivity (Wildman–Crippen MR) is 139 cm³/mol. The van der Waals surface area contributed by atoms with Gasteiger partial charge in [-0.15, -0.1) is 0 Å². The molecule has 0 saturated heterocycles. The van der Waals surface area contributed by atoms with Crippen LogP contribution in [-0.4, -0.2) is 57.8 Å². The van der Waals surface area contributed by atoms with Crippen molar-refractivity contribution >= 4 is 21.0 Å². The summed E-state index contributed by atoms with van der Waals surface area (Å²) in [5.74, 6) is 1.52. The molecule has 2 aromatic rings. The first kappa shape index (κ1) is 29.5. The van der Waals surface area contributed by atoms with Crippen molar-refractivity contribution in [3.63, 3.8) is 0 Å². The van der Waals surface area contributed by atoms with Gasteiger partial charge >= 0.3 is 15.2 Å². The Morgan fingerprint density at radius 2 is 1.46 bits per heavy atom. The third-order valence-corrected chi connectivity index (χ3v) is 9.93. The number of pyridine rings is 1. The van der Waals surface area contributed by atoms with Crippen molar-refractivity contribution < 1.29 is 32.0 Å². The van der Waals surface area contributed by atoms with Gasteiger partial charge in [-0.25, -0.2) is 4.98 Å². The fraction of sp³-hybridized carbons (Fsp3) is 0.542. The van der Waals surface area contributed by atoms with E-state index in [0.717, 1.165) is 5.82 Å². The second-order valence-electron chi connectivity index (χ2n) is 7.55. The average molecular weight is 529 g/mol. The molecule has 0 amide bonds. The minimum atomic E-state index is -3.67. The number of hydrogen-bond donors (Lipinski definition) is 0.